The first-order valence-corrected chi connectivity index (χ1v) is 4.45. The van der Waals surface area contributed by atoms with E-state index >= 15 is 0 Å². The van der Waals surface area contributed by atoms with Crippen molar-refractivity contribution >= 4 is 0 Å². The van der Waals surface area contributed by atoms with Gasteiger partial charge in [0.1, 0.15) is 0 Å². The maximum atomic E-state index is 5.98. The van der Waals surface area contributed by atoms with Crippen LogP contribution in [0.15, 0.2) is 30.7 Å². The highest BCUT2D eigenvalue weighted by Crippen LogP contribution is 2.14. The van der Waals surface area contributed by atoms with Crippen LogP contribution in [0.2, 0.25) is 0 Å². The van der Waals surface area contributed by atoms with Gasteiger partial charge in [0.15, 0.2) is 0 Å². The van der Waals surface area contributed by atoms with Gasteiger partial charge >= 0.3 is 0 Å². The molecule has 0 bridgehead atoms. The zero-order valence-electron chi connectivity index (χ0n) is 7.94. The monoisotopic (exact) mass is 188 g/mol. The summed E-state index contributed by atoms with van der Waals surface area (Å²) in [6.07, 6.45) is 5.27. The fourth-order valence-electron chi connectivity index (χ4n) is 1.26. The van der Waals surface area contributed by atoms with Gasteiger partial charge in [-0.3, -0.25) is 9.97 Å². The van der Waals surface area contributed by atoms with Crippen molar-refractivity contribution in [1.29, 1.82) is 0 Å². The molecule has 3 N–H and O–H groups in total. The molecule has 0 aliphatic heterocycles. The van der Waals surface area contributed by atoms with E-state index in [1.807, 2.05) is 25.3 Å². The maximum Gasteiger partial charge on any atom is 0.0893 e. The fraction of sp³-hybridized carbons (Fsp3) is 0.200. The van der Waals surface area contributed by atoms with Gasteiger partial charge in [0.05, 0.1) is 23.6 Å². The van der Waals surface area contributed by atoms with E-state index in [2.05, 4.69) is 15.0 Å². The molecule has 72 valence electrons. The number of aromatic amines is 1. The molecule has 0 fully saturated rings. The Hall–Kier alpha value is -1.68. The summed E-state index contributed by atoms with van der Waals surface area (Å²) in [7, 11) is 0. The Balaban J connectivity index is 2.28. The number of aromatic nitrogens is 3. The summed E-state index contributed by atoms with van der Waals surface area (Å²) in [5.74, 6) is 0. The number of aryl methyl sites for hydroxylation is 1. The molecule has 0 radical (unpaired) electrons. The van der Waals surface area contributed by atoms with Crippen molar-refractivity contribution in [3.63, 3.8) is 0 Å². The first kappa shape index (κ1) is 8.90. The van der Waals surface area contributed by atoms with Gasteiger partial charge in [-0.15, -0.1) is 0 Å². The van der Waals surface area contributed by atoms with E-state index < -0.39 is 0 Å². The van der Waals surface area contributed by atoms with Crippen LogP contribution in [0, 0.1) is 6.92 Å². The molecular weight excluding hydrogens is 176 g/mol. The van der Waals surface area contributed by atoms with Gasteiger partial charge < -0.3 is 10.7 Å². The SMILES string of the molecule is Cc1cnc(C(N)c2ccc[nH]2)cn1. The normalized spacial score (nSPS) is 12.7. The summed E-state index contributed by atoms with van der Waals surface area (Å²) in [6.45, 7) is 1.90. The molecule has 2 heterocycles. The minimum absolute atomic E-state index is 0.224. The highest BCUT2D eigenvalue weighted by molar-refractivity contribution is 5.19. The van der Waals surface area contributed by atoms with E-state index in [-0.39, 0.29) is 6.04 Å². The second kappa shape index (κ2) is 3.59. The van der Waals surface area contributed by atoms with E-state index in [0.717, 1.165) is 17.1 Å². The molecule has 0 aliphatic carbocycles. The van der Waals surface area contributed by atoms with E-state index in [4.69, 9.17) is 5.73 Å². The lowest BCUT2D eigenvalue weighted by molar-refractivity contribution is 0.789. The quantitative estimate of drug-likeness (QED) is 0.743. The van der Waals surface area contributed by atoms with Gasteiger partial charge in [0, 0.05) is 18.1 Å². The lowest BCUT2D eigenvalue weighted by Crippen LogP contribution is -2.14. The average molecular weight is 188 g/mol. The van der Waals surface area contributed by atoms with Gasteiger partial charge in [-0.1, -0.05) is 0 Å². The van der Waals surface area contributed by atoms with Crippen molar-refractivity contribution in [2.45, 2.75) is 13.0 Å². The van der Waals surface area contributed by atoms with Gasteiger partial charge in [-0.25, -0.2) is 0 Å². The largest absolute Gasteiger partial charge is 0.363 e. The Morgan fingerprint density at radius 3 is 2.79 bits per heavy atom. The van der Waals surface area contributed by atoms with E-state index in [1.165, 1.54) is 0 Å². The van der Waals surface area contributed by atoms with Crippen molar-refractivity contribution in [3.8, 4) is 0 Å². The summed E-state index contributed by atoms with van der Waals surface area (Å²) < 4.78 is 0. The molecule has 14 heavy (non-hydrogen) atoms. The average Bonchev–Trinajstić information content (AvgIpc) is 2.71. The maximum absolute atomic E-state index is 5.98. The van der Waals surface area contributed by atoms with E-state index in [1.54, 1.807) is 12.4 Å². The standard InChI is InChI=1S/C10H12N4/c1-7-5-14-9(6-13-7)10(11)8-3-2-4-12-8/h2-6,10,12H,11H2,1H3. The molecule has 1 atom stereocenters. The lowest BCUT2D eigenvalue weighted by atomic mass is 10.1. The van der Waals surface area contributed by atoms with Crippen LogP contribution in [0.3, 0.4) is 0 Å². The van der Waals surface area contributed by atoms with Gasteiger partial charge in [0.2, 0.25) is 0 Å². The molecule has 0 saturated carbocycles. The number of nitrogens with one attached hydrogen (secondary N) is 1. The number of nitrogens with zero attached hydrogens (tertiary/aromatic N) is 2. The number of nitrogens with two attached hydrogens (primary N) is 1. The van der Waals surface area contributed by atoms with Crippen LogP contribution in [-0.2, 0) is 0 Å². The molecule has 4 heteroatoms. The molecule has 2 rings (SSSR count). The lowest BCUT2D eigenvalue weighted by Gasteiger charge is -2.08. The minimum Gasteiger partial charge on any atom is -0.363 e. The number of hydrogen-bond donors (Lipinski definition) is 2. The van der Waals surface area contributed by atoms with Gasteiger partial charge in [-0.05, 0) is 19.1 Å². The number of hydrogen-bond acceptors (Lipinski definition) is 3. The third-order valence-electron chi connectivity index (χ3n) is 2.08. The fourth-order valence-corrected chi connectivity index (χ4v) is 1.26. The minimum atomic E-state index is -0.224. The van der Waals surface area contributed by atoms with Gasteiger partial charge in [-0.2, -0.15) is 0 Å². The molecular formula is C10H12N4. The molecule has 0 spiro atoms. The summed E-state index contributed by atoms with van der Waals surface area (Å²) in [4.78, 5) is 11.4. The topological polar surface area (TPSA) is 67.6 Å². The molecule has 4 nitrogen and oxygen atoms in total. The molecule has 1 unspecified atom stereocenters. The van der Waals surface area contributed by atoms with Gasteiger partial charge in [0.25, 0.3) is 0 Å². The molecule has 2 aromatic heterocycles. The summed E-state index contributed by atoms with van der Waals surface area (Å²) in [5, 5.41) is 0. The first-order chi connectivity index (χ1) is 6.77. The zero-order valence-corrected chi connectivity index (χ0v) is 7.94. The Morgan fingerprint density at radius 2 is 2.21 bits per heavy atom. The molecule has 0 aliphatic rings. The highest BCUT2D eigenvalue weighted by atomic mass is 14.9. The predicted octanol–water partition coefficient (Wildman–Crippen LogP) is 1.16. The Bertz CT molecular complexity index is 391. The van der Waals surface area contributed by atoms with Crippen LogP contribution in [0.25, 0.3) is 0 Å². The Labute approximate surface area is 82.2 Å². The van der Waals surface area contributed by atoms with Crippen molar-refractivity contribution < 1.29 is 0 Å². The van der Waals surface area contributed by atoms with Crippen LogP contribution >= 0.6 is 0 Å². The van der Waals surface area contributed by atoms with Crippen LogP contribution < -0.4 is 5.73 Å². The molecule has 2 aromatic rings. The summed E-state index contributed by atoms with van der Waals surface area (Å²) in [6, 6.07) is 3.63. The Morgan fingerprint density at radius 1 is 1.36 bits per heavy atom. The summed E-state index contributed by atoms with van der Waals surface area (Å²) in [5.41, 5.74) is 8.60. The predicted molar refractivity (Wildman–Crippen MR) is 53.6 cm³/mol. The molecule has 0 aromatic carbocycles. The highest BCUT2D eigenvalue weighted by Gasteiger charge is 2.10. The van der Waals surface area contributed by atoms with Crippen molar-refractivity contribution in [1.82, 2.24) is 15.0 Å². The third kappa shape index (κ3) is 1.65. The molecule has 0 saturated heterocycles. The van der Waals surface area contributed by atoms with Crippen LogP contribution in [0.4, 0.5) is 0 Å². The number of rotatable bonds is 2. The smallest absolute Gasteiger partial charge is 0.0893 e. The molecule has 0 amide bonds. The number of H-pyrrole nitrogens is 1. The van der Waals surface area contributed by atoms with Crippen molar-refractivity contribution in [2.24, 2.45) is 5.73 Å². The van der Waals surface area contributed by atoms with Crippen molar-refractivity contribution in [3.05, 3.63) is 47.8 Å². The zero-order chi connectivity index (χ0) is 9.97. The van der Waals surface area contributed by atoms with E-state index in [9.17, 15) is 0 Å². The first-order valence-electron chi connectivity index (χ1n) is 4.45. The van der Waals surface area contributed by atoms with Crippen LogP contribution in [0.5, 0.6) is 0 Å². The Kier molecular flexibility index (Phi) is 2.28. The van der Waals surface area contributed by atoms with Crippen LogP contribution in [-0.4, -0.2) is 15.0 Å². The third-order valence-corrected chi connectivity index (χ3v) is 2.08. The second-order valence-corrected chi connectivity index (χ2v) is 3.19. The second-order valence-electron chi connectivity index (χ2n) is 3.19. The van der Waals surface area contributed by atoms with Crippen molar-refractivity contribution in [2.75, 3.05) is 0 Å². The van der Waals surface area contributed by atoms with E-state index in [0.29, 0.717) is 0 Å². The van der Waals surface area contributed by atoms with Crippen LogP contribution in [0.1, 0.15) is 23.1 Å². The summed E-state index contributed by atoms with van der Waals surface area (Å²) >= 11 is 0.